The zero-order valence-corrected chi connectivity index (χ0v) is 14.3. The molecule has 1 N–H and O–H groups in total. The van der Waals surface area contributed by atoms with Crippen molar-refractivity contribution in [3.63, 3.8) is 0 Å². The van der Waals surface area contributed by atoms with Crippen LogP contribution >= 0.6 is 0 Å². The fourth-order valence-electron chi connectivity index (χ4n) is 3.82. The third-order valence-corrected chi connectivity index (χ3v) is 5.33. The molecule has 3 atom stereocenters. The van der Waals surface area contributed by atoms with E-state index in [9.17, 15) is 19.5 Å². The number of nitrogens with zero attached hydrogens (tertiary/aromatic N) is 1. The van der Waals surface area contributed by atoms with Crippen LogP contribution < -0.4 is 0 Å². The molecule has 0 saturated carbocycles. The van der Waals surface area contributed by atoms with Gasteiger partial charge in [0, 0.05) is 17.1 Å². The first-order valence-electron chi connectivity index (χ1n) is 8.28. The Morgan fingerprint density at radius 1 is 1.31 bits per heavy atom. The molecule has 0 radical (unpaired) electrons. The molecular weight excluding hydrogens is 338 g/mol. The molecular formula is C19H17NO6. The average Bonchev–Trinajstić information content (AvgIpc) is 3.18. The predicted molar refractivity (Wildman–Crippen MR) is 88.7 cm³/mol. The van der Waals surface area contributed by atoms with Gasteiger partial charge in [-0.1, -0.05) is 24.3 Å². The van der Waals surface area contributed by atoms with E-state index in [2.05, 4.69) is 0 Å². The summed E-state index contributed by atoms with van der Waals surface area (Å²) >= 11 is 0. The molecule has 1 aromatic rings. The largest absolute Gasteiger partial charge is 0.465 e. The van der Waals surface area contributed by atoms with Crippen molar-refractivity contribution in [2.45, 2.75) is 32.6 Å². The van der Waals surface area contributed by atoms with Crippen molar-refractivity contribution in [1.82, 2.24) is 4.90 Å². The molecule has 1 aromatic carbocycles. The number of benzene rings is 1. The van der Waals surface area contributed by atoms with Gasteiger partial charge in [-0.25, -0.2) is 14.5 Å². The average molecular weight is 355 g/mol. The van der Waals surface area contributed by atoms with Gasteiger partial charge in [0.15, 0.2) is 0 Å². The molecule has 134 valence electrons. The third kappa shape index (κ3) is 2.23. The van der Waals surface area contributed by atoms with Gasteiger partial charge in [-0.05, 0) is 31.4 Å². The number of carbonyl (C=O) groups excluding carboxylic acids is 2. The van der Waals surface area contributed by atoms with Gasteiger partial charge in [0.25, 0.3) is 12.2 Å². The Balaban J connectivity index is 1.67. The van der Waals surface area contributed by atoms with E-state index in [0.29, 0.717) is 17.6 Å². The van der Waals surface area contributed by atoms with Crippen LogP contribution in [0.25, 0.3) is 0 Å². The van der Waals surface area contributed by atoms with Crippen LogP contribution in [0.5, 0.6) is 0 Å². The lowest BCUT2D eigenvalue weighted by Gasteiger charge is -2.19. The lowest BCUT2D eigenvalue weighted by Crippen LogP contribution is -2.33. The summed E-state index contributed by atoms with van der Waals surface area (Å²) in [4.78, 5) is 36.8. The van der Waals surface area contributed by atoms with Crippen LogP contribution in [0.3, 0.4) is 0 Å². The van der Waals surface area contributed by atoms with Gasteiger partial charge in [-0.2, -0.15) is 0 Å². The van der Waals surface area contributed by atoms with Crippen molar-refractivity contribution in [2.75, 3.05) is 0 Å². The van der Waals surface area contributed by atoms with E-state index in [4.69, 9.17) is 9.47 Å². The number of likely N-dealkylation sites (tertiary alicyclic amines) is 1. The van der Waals surface area contributed by atoms with Crippen molar-refractivity contribution in [3.8, 4) is 0 Å². The van der Waals surface area contributed by atoms with Crippen LogP contribution in [0.2, 0.25) is 0 Å². The minimum absolute atomic E-state index is 0.280. The summed E-state index contributed by atoms with van der Waals surface area (Å²) in [6.07, 6.45) is -0.355. The van der Waals surface area contributed by atoms with Gasteiger partial charge < -0.3 is 14.6 Å². The first-order valence-corrected chi connectivity index (χ1v) is 8.28. The molecule has 1 saturated heterocycles. The summed E-state index contributed by atoms with van der Waals surface area (Å²) in [7, 11) is 0. The molecule has 0 aromatic heterocycles. The van der Waals surface area contributed by atoms with E-state index in [1.165, 1.54) is 6.26 Å². The molecule has 26 heavy (non-hydrogen) atoms. The number of hydrogen-bond donors (Lipinski definition) is 1. The third-order valence-electron chi connectivity index (χ3n) is 5.33. The maximum Gasteiger partial charge on any atom is 0.414 e. The molecule has 0 unspecified atom stereocenters. The molecule has 2 amide bonds. The van der Waals surface area contributed by atoms with E-state index < -0.39 is 30.3 Å². The van der Waals surface area contributed by atoms with Crippen molar-refractivity contribution >= 4 is 18.0 Å². The van der Waals surface area contributed by atoms with Crippen molar-refractivity contribution in [1.29, 1.82) is 0 Å². The smallest absolute Gasteiger partial charge is 0.414 e. The van der Waals surface area contributed by atoms with Crippen LogP contribution in [0.1, 0.15) is 31.0 Å². The molecule has 2 aliphatic heterocycles. The molecule has 7 nitrogen and oxygen atoms in total. The van der Waals surface area contributed by atoms with Gasteiger partial charge in [-0.3, -0.25) is 4.79 Å². The topological polar surface area (TPSA) is 93.1 Å². The molecule has 1 fully saturated rings. The predicted octanol–water partition coefficient (Wildman–Crippen LogP) is 2.54. The highest BCUT2D eigenvalue weighted by Crippen LogP contribution is 2.49. The van der Waals surface area contributed by atoms with Gasteiger partial charge in [0.05, 0.1) is 17.9 Å². The summed E-state index contributed by atoms with van der Waals surface area (Å²) in [6.45, 7) is 3.36. The van der Waals surface area contributed by atoms with Gasteiger partial charge in [0.1, 0.15) is 0 Å². The molecule has 4 rings (SSSR count). The Morgan fingerprint density at radius 2 is 2.04 bits per heavy atom. The zero-order valence-electron chi connectivity index (χ0n) is 14.3. The number of imide groups is 1. The van der Waals surface area contributed by atoms with E-state index in [0.717, 1.165) is 16.0 Å². The van der Waals surface area contributed by atoms with Gasteiger partial charge in [-0.15, -0.1) is 0 Å². The number of carboxylic acid groups (broad SMARTS) is 1. The standard InChI is InChI=1S/C19H17NO6/c1-9-10(2)18(26-17(9)22)25-8-14-13-7-11-5-3-4-6-12(11)15(13)20(16(14)21)19(23)24/h3-6,8,13,15,18H,7H2,1-2H3,(H,23,24)/t13-,15-,18-/m1/s1. The second kappa shape index (κ2) is 5.72. The number of hydrogen-bond acceptors (Lipinski definition) is 5. The molecule has 3 aliphatic rings. The SMILES string of the molecule is CC1=C(C)[C@H](OC=C2C(=O)N(C(=O)O)[C@@H]3c4ccccc4C[C@H]23)OC1=O. The summed E-state index contributed by atoms with van der Waals surface area (Å²) in [5.41, 5.74) is 3.26. The number of ether oxygens (including phenoxy) is 2. The summed E-state index contributed by atoms with van der Waals surface area (Å²) in [5, 5.41) is 9.53. The lowest BCUT2D eigenvalue weighted by atomic mass is 9.97. The summed E-state index contributed by atoms with van der Waals surface area (Å²) < 4.78 is 10.6. The van der Waals surface area contributed by atoms with E-state index >= 15 is 0 Å². The Morgan fingerprint density at radius 3 is 2.69 bits per heavy atom. The molecule has 2 heterocycles. The lowest BCUT2D eigenvalue weighted by molar-refractivity contribution is -0.153. The number of amides is 2. The van der Waals surface area contributed by atoms with Crippen LogP contribution in [0, 0.1) is 5.92 Å². The van der Waals surface area contributed by atoms with Crippen molar-refractivity contribution in [3.05, 3.63) is 58.4 Å². The monoisotopic (exact) mass is 355 g/mol. The summed E-state index contributed by atoms with van der Waals surface area (Å²) in [5.74, 6) is -1.36. The molecule has 0 spiro atoms. The Bertz CT molecular complexity index is 899. The maximum atomic E-state index is 12.7. The maximum absolute atomic E-state index is 12.7. The number of cyclic esters (lactones) is 1. The highest BCUT2D eigenvalue weighted by atomic mass is 16.7. The minimum atomic E-state index is -1.29. The number of fused-ring (bicyclic) bond motifs is 3. The summed E-state index contributed by atoms with van der Waals surface area (Å²) in [6, 6.07) is 6.96. The normalized spacial score (nSPS) is 28.5. The molecule has 0 bridgehead atoms. The van der Waals surface area contributed by atoms with Gasteiger partial charge >= 0.3 is 12.1 Å². The zero-order chi connectivity index (χ0) is 18.6. The Kier molecular flexibility index (Phi) is 3.61. The number of esters is 1. The number of rotatable bonds is 2. The minimum Gasteiger partial charge on any atom is -0.465 e. The first kappa shape index (κ1) is 16.4. The van der Waals surface area contributed by atoms with E-state index in [-0.39, 0.29) is 11.5 Å². The first-order chi connectivity index (χ1) is 12.4. The van der Waals surface area contributed by atoms with Crippen LogP contribution in [-0.2, 0) is 25.5 Å². The Hall–Kier alpha value is -3.09. The van der Waals surface area contributed by atoms with Crippen LogP contribution in [-0.4, -0.2) is 34.3 Å². The van der Waals surface area contributed by atoms with Crippen LogP contribution in [0.15, 0.2) is 47.2 Å². The fraction of sp³-hybridized carbons (Fsp3) is 0.316. The highest BCUT2D eigenvalue weighted by molar-refractivity contribution is 6.05. The fourth-order valence-corrected chi connectivity index (χ4v) is 3.82. The van der Waals surface area contributed by atoms with E-state index in [1.807, 2.05) is 24.3 Å². The van der Waals surface area contributed by atoms with Gasteiger partial charge in [0.2, 0.25) is 0 Å². The Labute approximate surface area is 149 Å². The number of carbonyl (C=O) groups is 3. The van der Waals surface area contributed by atoms with Crippen LogP contribution in [0.4, 0.5) is 4.79 Å². The van der Waals surface area contributed by atoms with Crippen molar-refractivity contribution in [2.24, 2.45) is 5.92 Å². The second-order valence-corrected chi connectivity index (χ2v) is 6.67. The van der Waals surface area contributed by atoms with Crippen molar-refractivity contribution < 1.29 is 29.0 Å². The molecule has 1 aliphatic carbocycles. The highest BCUT2D eigenvalue weighted by Gasteiger charge is 2.52. The second-order valence-electron chi connectivity index (χ2n) is 6.67. The molecule has 7 heteroatoms. The quantitative estimate of drug-likeness (QED) is 0.498. The van der Waals surface area contributed by atoms with E-state index in [1.54, 1.807) is 13.8 Å².